The molecule has 0 spiro atoms. The summed E-state index contributed by atoms with van der Waals surface area (Å²) in [4.78, 5) is 26.4. The molecule has 1 heterocycles. The lowest BCUT2D eigenvalue weighted by Crippen LogP contribution is -2.48. The van der Waals surface area contributed by atoms with Crippen LogP contribution in [0.25, 0.3) is 11.1 Å². The van der Waals surface area contributed by atoms with Crippen molar-refractivity contribution in [3.63, 3.8) is 0 Å². The molecule has 21 heavy (non-hydrogen) atoms. The van der Waals surface area contributed by atoms with Crippen LogP contribution >= 0.6 is 0 Å². The second-order valence-electron chi connectivity index (χ2n) is 6.00. The highest BCUT2D eigenvalue weighted by atomic mass is 16.2. The maximum atomic E-state index is 12.1. The standard InChI is InChI=1S/C18H21NO2/c1-3-14-6-4-5-11-19(14)16-15(17(20)18(16)21)13-9-7-12(2)8-10-13/h7-10,14H,3-6,11H2,1-2H3. The zero-order chi connectivity index (χ0) is 15.0. The van der Waals surface area contributed by atoms with E-state index in [1.807, 2.05) is 31.2 Å². The quantitative estimate of drug-likeness (QED) is 0.813. The van der Waals surface area contributed by atoms with E-state index in [1.165, 1.54) is 6.42 Å². The van der Waals surface area contributed by atoms with Gasteiger partial charge in [-0.2, -0.15) is 0 Å². The van der Waals surface area contributed by atoms with Crippen molar-refractivity contribution in [3.05, 3.63) is 50.3 Å². The highest BCUT2D eigenvalue weighted by Crippen LogP contribution is 2.32. The van der Waals surface area contributed by atoms with Crippen molar-refractivity contribution in [1.82, 2.24) is 0 Å². The van der Waals surface area contributed by atoms with Crippen LogP contribution in [-0.4, -0.2) is 12.6 Å². The molecule has 1 fully saturated rings. The van der Waals surface area contributed by atoms with Gasteiger partial charge in [-0.3, -0.25) is 9.59 Å². The summed E-state index contributed by atoms with van der Waals surface area (Å²) in [5.41, 5.74) is 2.69. The first-order valence-corrected chi connectivity index (χ1v) is 7.80. The van der Waals surface area contributed by atoms with E-state index in [9.17, 15) is 9.59 Å². The van der Waals surface area contributed by atoms with Crippen LogP contribution in [0.5, 0.6) is 0 Å². The second kappa shape index (κ2) is 5.47. The maximum Gasteiger partial charge on any atom is 0.250 e. The Bertz CT molecular complexity index is 708. The Morgan fingerprint density at radius 1 is 1.10 bits per heavy atom. The highest BCUT2D eigenvalue weighted by molar-refractivity contribution is 5.83. The lowest BCUT2D eigenvalue weighted by Gasteiger charge is -2.38. The molecule has 0 saturated carbocycles. The number of anilines is 1. The minimum atomic E-state index is -0.325. The Hall–Kier alpha value is -1.90. The zero-order valence-electron chi connectivity index (χ0n) is 12.7. The smallest absolute Gasteiger partial charge is 0.250 e. The summed E-state index contributed by atoms with van der Waals surface area (Å²) < 4.78 is 0. The molecule has 0 bridgehead atoms. The fourth-order valence-corrected chi connectivity index (χ4v) is 3.36. The van der Waals surface area contributed by atoms with Crippen molar-refractivity contribution in [2.75, 3.05) is 11.4 Å². The minimum absolute atomic E-state index is 0.300. The Kier molecular flexibility index (Phi) is 3.66. The van der Waals surface area contributed by atoms with Crippen LogP contribution in [0.1, 0.15) is 38.2 Å². The van der Waals surface area contributed by atoms with E-state index in [0.717, 1.165) is 36.9 Å². The summed E-state index contributed by atoms with van der Waals surface area (Å²) in [5.74, 6) is 0. The zero-order valence-corrected chi connectivity index (χ0v) is 12.7. The predicted octanol–water partition coefficient (Wildman–Crippen LogP) is 3.03. The van der Waals surface area contributed by atoms with E-state index in [4.69, 9.17) is 0 Å². The molecule has 0 aliphatic carbocycles. The Labute approximate surface area is 124 Å². The summed E-state index contributed by atoms with van der Waals surface area (Å²) in [7, 11) is 0. The van der Waals surface area contributed by atoms with Gasteiger partial charge in [0.05, 0.1) is 5.56 Å². The van der Waals surface area contributed by atoms with Gasteiger partial charge in [0.15, 0.2) is 0 Å². The van der Waals surface area contributed by atoms with Gasteiger partial charge in [0.1, 0.15) is 5.69 Å². The molecule has 1 aliphatic heterocycles. The largest absolute Gasteiger partial charge is 0.365 e. The number of hydrogen-bond acceptors (Lipinski definition) is 3. The van der Waals surface area contributed by atoms with Crippen LogP contribution in [0.3, 0.4) is 0 Å². The van der Waals surface area contributed by atoms with Crippen molar-refractivity contribution in [3.8, 4) is 11.1 Å². The summed E-state index contributed by atoms with van der Waals surface area (Å²) >= 11 is 0. The molecule has 3 rings (SSSR count). The third-order valence-electron chi connectivity index (χ3n) is 4.61. The molecule has 1 saturated heterocycles. The fourth-order valence-electron chi connectivity index (χ4n) is 3.36. The molecular weight excluding hydrogens is 262 g/mol. The molecule has 0 N–H and O–H groups in total. The van der Waals surface area contributed by atoms with Gasteiger partial charge in [0, 0.05) is 12.6 Å². The lowest BCUT2D eigenvalue weighted by molar-refractivity contribution is 0.448. The minimum Gasteiger partial charge on any atom is -0.365 e. The van der Waals surface area contributed by atoms with E-state index in [0.29, 0.717) is 17.3 Å². The second-order valence-corrected chi connectivity index (χ2v) is 6.00. The Balaban J connectivity index is 2.04. The van der Waals surface area contributed by atoms with Crippen molar-refractivity contribution in [2.45, 2.75) is 45.6 Å². The summed E-state index contributed by atoms with van der Waals surface area (Å²) in [6.45, 7) is 5.06. The van der Waals surface area contributed by atoms with Gasteiger partial charge in [-0.25, -0.2) is 0 Å². The third-order valence-corrected chi connectivity index (χ3v) is 4.61. The van der Waals surface area contributed by atoms with Gasteiger partial charge in [0.2, 0.25) is 10.9 Å². The van der Waals surface area contributed by atoms with E-state index in [2.05, 4.69) is 11.8 Å². The molecule has 2 aromatic rings. The SMILES string of the molecule is CCC1CCCCN1c1c(-c2ccc(C)cc2)c(=O)c1=O. The molecule has 0 aromatic heterocycles. The number of nitrogens with zero attached hydrogens (tertiary/aromatic N) is 1. The average Bonchev–Trinajstić information content (AvgIpc) is 2.53. The van der Waals surface area contributed by atoms with E-state index >= 15 is 0 Å². The predicted molar refractivity (Wildman–Crippen MR) is 86.8 cm³/mol. The first-order valence-electron chi connectivity index (χ1n) is 7.80. The summed E-state index contributed by atoms with van der Waals surface area (Å²) in [5, 5.41) is 0. The van der Waals surface area contributed by atoms with Crippen LogP contribution < -0.4 is 15.8 Å². The number of piperidine rings is 1. The van der Waals surface area contributed by atoms with Crippen molar-refractivity contribution in [2.24, 2.45) is 0 Å². The van der Waals surface area contributed by atoms with Crippen LogP contribution in [0.15, 0.2) is 33.9 Å². The Morgan fingerprint density at radius 2 is 1.81 bits per heavy atom. The van der Waals surface area contributed by atoms with Crippen LogP contribution in [0.2, 0.25) is 0 Å². The van der Waals surface area contributed by atoms with Crippen molar-refractivity contribution < 1.29 is 0 Å². The van der Waals surface area contributed by atoms with E-state index in [-0.39, 0.29) is 10.9 Å². The van der Waals surface area contributed by atoms with Gasteiger partial charge >= 0.3 is 0 Å². The molecule has 1 aliphatic rings. The van der Waals surface area contributed by atoms with E-state index in [1.54, 1.807) is 0 Å². The molecule has 0 radical (unpaired) electrons. The summed E-state index contributed by atoms with van der Waals surface area (Å²) in [6, 6.07) is 8.26. The summed E-state index contributed by atoms with van der Waals surface area (Å²) in [6.07, 6.45) is 4.45. The first-order chi connectivity index (χ1) is 10.1. The maximum absolute atomic E-state index is 12.1. The first kappa shape index (κ1) is 14.1. The van der Waals surface area contributed by atoms with Crippen LogP contribution in [0.4, 0.5) is 5.69 Å². The van der Waals surface area contributed by atoms with Crippen LogP contribution in [0, 0.1) is 6.92 Å². The number of hydrogen-bond donors (Lipinski definition) is 0. The molecule has 1 atom stereocenters. The van der Waals surface area contributed by atoms with Gasteiger partial charge in [-0.05, 0) is 38.2 Å². The molecule has 0 amide bonds. The number of benzene rings is 1. The van der Waals surface area contributed by atoms with Crippen molar-refractivity contribution >= 4 is 5.69 Å². The molecule has 1 unspecified atom stereocenters. The molecule has 3 nitrogen and oxygen atoms in total. The highest BCUT2D eigenvalue weighted by Gasteiger charge is 2.31. The average molecular weight is 283 g/mol. The van der Waals surface area contributed by atoms with E-state index < -0.39 is 0 Å². The molecule has 110 valence electrons. The fraction of sp³-hybridized carbons (Fsp3) is 0.444. The monoisotopic (exact) mass is 283 g/mol. The lowest BCUT2D eigenvalue weighted by atomic mass is 9.92. The number of rotatable bonds is 3. The topological polar surface area (TPSA) is 37.4 Å². The molecular formula is C18H21NO2. The Morgan fingerprint density at radius 3 is 2.48 bits per heavy atom. The van der Waals surface area contributed by atoms with Gasteiger partial charge in [-0.1, -0.05) is 36.8 Å². The third kappa shape index (κ3) is 2.31. The van der Waals surface area contributed by atoms with Gasteiger partial charge in [-0.15, -0.1) is 0 Å². The normalized spacial score (nSPS) is 19.1. The van der Waals surface area contributed by atoms with Crippen LogP contribution in [-0.2, 0) is 0 Å². The van der Waals surface area contributed by atoms with Gasteiger partial charge < -0.3 is 4.90 Å². The van der Waals surface area contributed by atoms with Crippen molar-refractivity contribution in [1.29, 1.82) is 0 Å². The molecule has 2 aromatic carbocycles. The van der Waals surface area contributed by atoms with Gasteiger partial charge in [0.25, 0.3) is 0 Å². The number of aryl methyl sites for hydroxylation is 1. The molecule has 3 heteroatoms.